The van der Waals surface area contributed by atoms with E-state index in [2.05, 4.69) is 4.98 Å². The van der Waals surface area contributed by atoms with E-state index in [1.54, 1.807) is 12.1 Å². The van der Waals surface area contributed by atoms with E-state index < -0.39 is 5.97 Å². The lowest BCUT2D eigenvalue weighted by Gasteiger charge is -1.95. The first kappa shape index (κ1) is 13.2. The Morgan fingerprint density at radius 3 is 2.62 bits per heavy atom. The molecule has 0 spiro atoms. The summed E-state index contributed by atoms with van der Waals surface area (Å²) in [6.45, 7) is 1.99. The maximum Gasteiger partial charge on any atom is 0.309 e. The Hall–Kier alpha value is -2.82. The smallest absolute Gasteiger partial charge is 0.309 e. The van der Waals surface area contributed by atoms with Crippen LogP contribution in [0.4, 0.5) is 0 Å². The van der Waals surface area contributed by atoms with E-state index in [1.165, 1.54) is 6.26 Å². The molecule has 0 atom stereocenters. The number of aliphatic carboxylic acids is 1. The molecule has 0 aliphatic heterocycles. The summed E-state index contributed by atoms with van der Waals surface area (Å²) in [4.78, 5) is 15.3. The molecule has 5 nitrogen and oxygen atoms in total. The number of nitrogens with zero attached hydrogens (tertiary/aromatic N) is 1. The summed E-state index contributed by atoms with van der Waals surface area (Å²) in [6, 6.07) is 11.1. The normalized spacial score (nSPS) is 10.7. The largest absolute Gasteiger partial charge is 0.481 e. The van der Waals surface area contributed by atoms with Crippen LogP contribution in [0.2, 0.25) is 0 Å². The Kier molecular flexibility index (Phi) is 3.31. The van der Waals surface area contributed by atoms with Crippen LogP contribution in [0.3, 0.4) is 0 Å². The number of carboxylic acid groups (broad SMARTS) is 1. The molecule has 21 heavy (non-hydrogen) atoms. The highest BCUT2D eigenvalue weighted by Gasteiger charge is 2.20. The number of rotatable bonds is 4. The maximum atomic E-state index is 11.0. The third-order valence-corrected chi connectivity index (χ3v) is 3.06. The van der Waals surface area contributed by atoms with E-state index in [1.807, 2.05) is 31.2 Å². The third kappa shape index (κ3) is 2.72. The van der Waals surface area contributed by atoms with Crippen LogP contribution < -0.4 is 0 Å². The topological polar surface area (TPSA) is 76.5 Å². The van der Waals surface area contributed by atoms with Crippen molar-refractivity contribution in [3.8, 4) is 23.0 Å². The van der Waals surface area contributed by atoms with Crippen LogP contribution in [0.25, 0.3) is 23.0 Å². The van der Waals surface area contributed by atoms with Crippen molar-refractivity contribution in [2.24, 2.45) is 0 Å². The highest BCUT2D eigenvalue weighted by atomic mass is 16.4. The van der Waals surface area contributed by atoms with Crippen LogP contribution in [-0.4, -0.2) is 16.1 Å². The molecule has 0 bridgehead atoms. The van der Waals surface area contributed by atoms with Crippen LogP contribution in [-0.2, 0) is 11.2 Å². The highest BCUT2D eigenvalue weighted by Crippen LogP contribution is 2.30. The molecule has 106 valence electrons. The number of oxazole rings is 1. The molecule has 3 rings (SSSR count). The van der Waals surface area contributed by atoms with Crippen molar-refractivity contribution in [2.45, 2.75) is 13.3 Å². The first-order valence-electron chi connectivity index (χ1n) is 6.46. The van der Waals surface area contributed by atoms with Gasteiger partial charge in [-0.15, -0.1) is 0 Å². The molecule has 5 heteroatoms. The molecule has 0 amide bonds. The van der Waals surface area contributed by atoms with Crippen LogP contribution >= 0.6 is 0 Å². The molecule has 1 N–H and O–H groups in total. The number of hydrogen-bond acceptors (Lipinski definition) is 4. The minimum Gasteiger partial charge on any atom is -0.481 e. The number of carbonyl (C=O) groups is 1. The fourth-order valence-corrected chi connectivity index (χ4v) is 2.03. The molecule has 1 aromatic carbocycles. The van der Waals surface area contributed by atoms with Crippen molar-refractivity contribution in [2.75, 3.05) is 0 Å². The average molecular weight is 283 g/mol. The highest BCUT2D eigenvalue weighted by molar-refractivity contribution is 5.73. The monoisotopic (exact) mass is 283 g/mol. The van der Waals surface area contributed by atoms with Gasteiger partial charge in [0.25, 0.3) is 0 Å². The summed E-state index contributed by atoms with van der Waals surface area (Å²) < 4.78 is 11.0. The molecule has 3 aromatic rings. The van der Waals surface area contributed by atoms with Gasteiger partial charge in [-0.05, 0) is 31.2 Å². The zero-order valence-corrected chi connectivity index (χ0v) is 11.4. The van der Waals surface area contributed by atoms with Crippen molar-refractivity contribution in [1.29, 1.82) is 0 Å². The molecule has 2 heterocycles. The lowest BCUT2D eigenvalue weighted by molar-refractivity contribution is -0.136. The van der Waals surface area contributed by atoms with E-state index in [9.17, 15) is 4.79 Å². The summed E-state index contributed by atoms with van der Waals surface area (Å²) in [5, 5.41) is 8.99. The number of aromatic nitrogens is 1. The van der Waals surface area contributed by atoms with E-state index >= 15 is 0 Å². The summed E-state index contributed by atoms with van der Waals surface area (Å²) in [5.74, 6) is 0.249. The Morgan fingerprint density at radius 2 is 2.00 bits per heavy atom. The summed E-state index contributed by atoms with van der Waals surface area (Å²) in [7, 11) is 0. The molecule has 0 saturated carbocycles. The van der Waals surface area contributed by atoms with Gasteiger partial charge < -0.3 is 13.9 Å². The van der Waals surface area contributed by atoms with E-state index in [0.717, 1.165) is 11.1 Å². The van der Waals surface area contributed by atoms with Crippen molar-refractivity contribution in [1.82, 2.24) is 4.98 Å². The number of benzene rings is 1. The Bertz CT molecular complexity index is 754. The third-order valence-electron chi connectivity index (χ3n) is 3.06. The molecule has 0 fully saturated rings. The van der Waals surface area contributed by atoms with Crippen LogP contribution in [0.15, 0.2) is 51.5 Å². The van der Waals surface area contributed by atoms with Gasteiger partial charge in [-0.1, -0.05) is 17.7 Å². The quantitative estimate of drug-likeness (QED) is 0.792. The average Bonchev–Trinajstić information content (AvgIpc) is 3.08. The van der Waals surface area contributed by atoms with Gasteiger partial charge in [-0.3, -0.25) is 4.79 Å². The van der Waals surface area contributed by atoms with Gasteiger partial charge in [-0.25, -0.2) is 4.98 Å². The summed E-state index contributed by atoms with van der Waals surface area (Å²) >= 11 is 0. The second kappa shape index (κ2) is 5.28. The molecule has 0 radical (unpaired) electrons. The lowest BCUT2D eigenvalue weighted by Crippen LogP contribution is -2.01. The summed E-state index contributed by atoms with van der Waals surface area (Å²) in [6.07, 6.45) is 1.29. The van der Waals surface area contributed by atoms with Gasteiger partial charge in [0.05, 0.1) is 12.7 Å². The van der Waals surface area contributed by atoms with Gasteiger partial charge in [0, 0.05) is 5.56 Å². The molecule has 0 saturated heterocycles. The van der Waals surface area contributed by atoms with Crippen LogP contribution in [0, 0.1) is 6.92 Å². The Morgan fingerprint density at radius 1 is 1.24 bits per heavy atom. The van der Waals surface area contributed by atoms with Gasteiger partial charge >= 0.3 is 5.97 Å². The number of carboxylic acids is 1. The first-order valence-corrected chi connectivity index (χ1v) is 6.46. The molecule has 0 aliphatic rings. The van der Waals surface area contributed by atoms with Crippen molar-refractivity contribution >= 4 is 5.97 Å². The van der Waals surface area contributed by atoms with Gasteiger partial charge in [0.1, 0.15) is 5.69 Å². The molecular weight excluding hydrogens is 270 g/mol. The van der Waals surface area contributed by atoms with Gasteiger partial charge in [0.15, 0.2) is 11.5 Å². The number of hydrogen-bond donors (Lipinski definition) is 1. The zero-order chi connectivity index (χ0) is 14.8. The van der Waals surface area contributed by atoms with Crippen molar-refractivity contribution in [3.05, 3.63) is 53.9 Å². The Balaban J connectivity index is 2.07. The predicted molar refractivity (Wildman–Crippen MR) is 75.7 cm³/mol. The molecule has 0 aliphatic carbocycles. The minimum atomic E-state index is -0.966. The number of furan rings is 1. The van der Waals surface area contributed by atoms with Crippen molar-refractivity contribution < 1.29 is 18.7 Å². The SMILES string of the molecule is Cc1ccc(-c2nc(CC(=O)O)c(-c3ccco3)o2)cc1. The number of aryl methyl sites for hydroxylation is 1. The van der Waals surface area contributed by atoms with Crippen LogP contribution in [0.5, 0.6) is 0 Å². The predicted octanol–water partition coefficient (Wildman–Crippen LogP) is 3.54. The second-order valence-corrected chi connectivity index (χ2v) is 4.71. The molecular formula is C16H13NO4. The Labute approximate surface area is 120 Å². The summed E-state index contributed by atoms with van der Waals surface area (Å²) in [5.41, 5.74) is 2.28. The van der Waals surface area contributed by atoms with E-state index in [0.29, 0.717) is 23.1 Å². The molecule has 0 unspecified atom stereocenters. The standard InChI is InChI=1S/C16H13NO4/c1-10-4-6-11(7-5-10)16-17-12(9-14(18)19)15(21-16)13-3-2-8-20-13/h2-8H,9H2,1H3,(H,18,19). The first-order chi connectivity index (χ1) is 10.1. The van der Waals surface area contributed by atoms with Crippen molar-refractivity contribution in [3.63, 3.8) is 0 Å². The van der Waals surface area contributed by atoms with E-state index in [-0.39, 0.29) is 6.42 Å². The van der Waals surface area contributed by atoms with E-state index in [4.69, 9.17) is 13.9 Å². The lowest BCUT2D eigenvalue weighted by atomic mass is 10.1. The second-order valence-electron chi connectivity index (χ2n) is 4.71. The van der Waals surface area contributed by atoms with Gasteiger partial charge in [0.2, 0.25) is 5.89 Å². The zero-order valence-electron chi connectivity index (χ0n) is 11.4. The molecule has 2 aromatic heterocycles. The fourth-order valence-electron chi connectivity index (χ4n) is 2.03. The van der Waals surface area contributed by atoms with Gasteiger partial charge in [-0.2, -0.15) is 0 Å². The fraction of sp³-hybridized carbons (Fsp3) is 0.125. The van der Waals surface area contributed by atoms with Crippen LogP contribution in [0.1, 0.15) is 11.3 Å². The maximum absolute atomic E-state index is 11.0. The minimum absolute atomic E-state index is 0.217.